The van der Waals surface area contributed by atoms with Gasteiger partial charge in [0.15, 0.2) is 0 Å². The average Bonchev–Trinajstić information content (AvgIpc) is 3.27. The highest BCUT2D eigenvalue weighted by Gasteiger charge is 2.16. The number of hydrogen-bond acceptors (Lipinski definition) is 5. The fourth-order valence-electron chi connectivity index (χ4n) is 4.68. The fraction of sp³-hybridized carbons (Fsp3) is 0.222. The van der Waals surface area contributed by atoms with E-state index in [0.29, 0.717) is 0 Å². The zero-order chi connectivity index (χ0) is 23.2. The van der Waals surface area contributed by atoms with Crippen LogP contribution in [0.4, 0.5) is 10.2 Å². The number of fused-ring (bicyclic) bond motifs is 2. The Labute approximate surface area is 197 Å². The highest BCUT2D eigenvalue weighted by atomic mass is 19.1. The number of likely N-dealkylation sites (N-methyl/N-ethyl adjacent to an activating group) is 1. The third kappa shape index (κ3) is 3.68. The van der Waals surface area contributed by atoms with E-state index in [1.165, 1.54) is 6.07 Å². The van der Waals surface area contributed by atoms with Crippen LogP contribution in [-0.2, 0) is 0 Å². The molecule has 0 spiro atoms. The van der Waals surface area contributed by atoms with Gasteiger partial charge >= 0.3 is 0 Å². The van der Waals surface area contributed by atoms with E-state index < -0.39 is 0 Å². The van der Waals surface area contributed by atoms with Crippen LogP contribution < -0.4 is 4.90 Å². The summed E-state index contributed by atoms with van der Waals surface area (Å²) in [6, 6.07) is 15.1. The lowest BCUT2D eigenvalue weighted by Gasteiger charge is -2.33. The van der Waals surface area contributed by atoms with Gasteiger partial charge in [0.05, 0.1) is 17.4 Å². The van der Waals surface area contributed by atoms with Crippen LogP contribution in [0.2, 0.25) is 0 Å². The molecule has 1 saturated heterocycles. The molecule has 1 aromatic carbocycles. The van der Waals surface area contributed by atoms with Gasteiger partial charge in [-0.05, 0) is 68.1 Å². The van der Waals surface area contributed by atoms with Gasteiger partial charge in [0.1, 0.15) is 17.3 Å². The molecule has 7 heteroatoms. The van der Waals surface area contributed by atoms with Crippen LogP contribution in [0.5, 0.6) is 0 Å². The van der Waals surface area contributed by atoms with Crippen LogP contribution in [-0.4, -0.2) is 57.5 Å². The minimum atomic E-state index is -0.275. The number of pyridine rings is 3. The summed E-state index contributed by atoms with van der Waals surface area (Å²) in [5.74, 6) is 0.747. The number of nitrogens with zero attached hydrogens (tertiary/aromatic N) is 6. The van der Waals surface area contributed by atoms with Crippen molar-refractivity contribution in [3.05, 3.63) is 78.6 Å². The van der Waals surface area contributed by atoms with Crippen LogP contribution in [0.25, 0.3) is 38.9 Å². The Morgan fingerprint density at radius 2 is 1.71 bits per heavy atom. The summed E-state index contributed by atoms with van der Waals surface area (Å²) in [6.45, 7) is 6.06. The van der Waals surface area contributed by atoms with Crippen molar-refractivity contribution in [2.75, 3.05) is 38.1 Å². The summed E-state index contributed by atoms with van der Waals surface area (Å²) in [6.07, 6.45) is 5.79. The molecule has 0 unspecified atom stereocenters. The second kappa shape index (κ2) is 8.18. The Hall–Kier alpha value is -3.84. The number of anilines is 1. The Balaban J connectivity index is 1.35. The summed E-state index contributed by atoms with van der Waals surface area (Å²) in [5.41, 5.74) is 6.42. The molecule has 4 aromatic heterocycles. The lowest BCUT2D eigenvalue weighted by Crippen LogP contribution is -2.44. The second-order valence-corrected chi connectivity index (χ2v) is 8.96. The summed E-state index contributed by atoms with van der Waals surface area (Å²) in [5, 5.41) is 0.778. The van der Waals surface area contributed by atoms with Crippen molar-refractivity contribution in [2.24, 2.45) is 0 Å². The van der Waals surface area contributed by atoms with E-state index in [1.54, 1.807) is 12.1 Å². The molecule has 1 fully saturated rings. The highest BCUT2D eigenvalue weighted by molar-refractivity contribution is 5.94. The number of rotatable bonds is 3. The van der Waals surface area contributed by atoms with Crippen molar-refractivity contribution >= 4 is 22.4 Å². The summed E-state index contributed by atoms with van der Waals surface area (Å²) in [7, 11) is 2.15. The van der Waals surface area contributed by atoms with Crippen LogP contribution in [0.1, 0.15) is 5.69 Å². The molecule has 34 heavy (non-hydrogen) atoms. The molecule has 5 heterocycles. The van der Waals surface area contributed by atoms with Gasteiger partial charge < -0.3 is 9.80 Å². The van der Waals surface area contributed by atoms with Crippen LogP contribution >= 0.6 is 0 Å². The molecule has 0 N–H and O–H groups in total. The number of benzene rings is 1. The normalized spacial score (nSPS) is 14.9. The monoisotopic (exact) mass is 452 g/mol. The van der Waals surface area contributed by atoms with Gasteiger partial charge in [-0.2, -0.15) is 0 Å². The SMILES string of the molecule is Cc1cc(-c2cnc3cc(-c4ccc(N5CCN(C)CC5)nc4)ccn23)c2cc(F)ccc2n1. The number of aryl methyl sites for hydroxylation is 1. The van der Waals surface area contributed by atoms with Gasteiger partial charge in [-0.15, -0.1) is 0 Å². The maximum atomic E-state index is 14.0. The van der Waals surface area contributed by atoms with Gasteiger partial charge in [-0.1, -0.05) is 0 Å². The van der Waals surface area contributed by atoms with Crippen LogP contribution in [0.3, 0.4) is 0 Å². The summed E-state index contributed by atoms with van der Waals surface area (Å²) in [4.78, 5) is 18.6. The Morgan fingerprint density at radius 3 is 2.50 bits per heavy atom. The van der Waals surface area contributed by atoms with Gasteiger partial charge in [-0.25, -0.2) is 14.4 Å². The molecule has 5 aromatic rings. The third-order valence-corrected chi connectivity index (χ3v) is 6.60. The van der Waals surface area contributed by atoms with Crippen LogP contribution in [0, 0.1) is 12.7 Å². The number of hydrogen-bond donors (Lipinski definition) is 0. The van der Waals surface area contributed by atoms with Crippen molar-refractivity contribution in [2.45, 2.75) is 6.92 Å². The topological polar surface area (TPSA) is 49.6 Å². The van der Waals surface area contributed by atoms with Crippen molar-refractivity contribution < 1.29 is 4.39 Å². The highest BCUT2D eigenvalue weighted by Crippen LogP contribution is 2.31. The van der Waals surface area contributed by atoms with E-state index in [-0.39, 0.29) is 5.82 Å². The Bertz CT molecular complexity index is 1500. The molecule has 6 nitrogen and oxygen atoms in total. The van der Waals surface area contributed by atoms with E-state index in [2.05, 4.69) is 51.1 Å². The van der Waals surface area contributed by atoms with E-state index in [4.69, 9.17) is 4.98 Å². The molecule has 0 saturated carbocycles. The zero-order valence-electron chi connectivity index (χ0n) is 19.2. The van der Waals surface area contributed by atoms with Crippen LogP contribution in [0.15, 0.2) is 67.1 Å². The third-order valence-electron chi connectivity index (χ3n) is 6.60. The molecule has 0 bridgehead atoms. The molecule has 6 rings (SSSR count). The van der Waals surface area contributed by atoms with Gasteiger partial charge in [0, 0.05) is 60.8 Å². The van der Waals surface area contributed by atoms with Crippen molar-refractivity contribution in [1.82, 2.24) is 24.3 Å². The number of aromatic nitrogens is 4. The summed E-state index contributed by atoms with van der Waals surface area (Å²) < 4.78 is 16.1. The molecule has 0 aliphatic carbocycles. The number of imidazole rings is 1. The first-order valence-electron chi connectivity index (χ1n) is 11.5. The lowest BCUT2D eigenvalue weighted by molar-refractivity contribution is 0.312. The van der Waals surface area contributed by atoms with Gasteiger partial charge in [0.2, 0.25) is 0 Å². The molecule has 1 aliphatic rings. The summed E-state index contributed by atoms with van der Waals surface area (Å²) >= 11 is 0. The molecular weight excluding hydrogens is 427 g/mol. The van der Waals surface area contributed by atoms with Gasteiger partial charge in [0.25, 0.3) is 0 Å². The predicted molar refractivity (Wildman–Crippen MR) is 134 cm³/mol. The van der Waals surface area contributed by atoms with Crippen molar-refractivity contribution in [3.8, 4) is 22.4 Å². The fourth-order valence-corrected chi connectivity index (χ4v) is 4.68. The first-order valence-corrected chi connectivity index (χ1v) is 11.5. The van der Waals surface area contributed by atoms with E-state index in [0.717, 1.165) is 76.6 Å². The van der Waals surface area contributed by atoms with E-state index in [1.807, 2.05) is 36.0 Å². The quantitative estimate of drug-likeness (QED) is 0.393. The predicted octanol–water partition coefficient (Wildman–Crippen LogP) is 4.81. The molecular formula is C27H25FN6. The van der Waals surface area contributed by atoms with Crippen molar-refractivity contribution in [1.29, 1.82) is 0 Å². The zero-order valence-corrected chi connectivity index (χ0v) is 19.2. The standard InChI is InChI=1S/C27H25FN6/c1-18-13-23(22-15-21(28)4-5-24(22)31-18)25-17-30-27-14-19(7-8-34(25)27)20-3-6-26(29-16-20)33-11-9-32(2)10-12-33/h3-8,13-17H,9-12H2,1-2H3. The Kier molecular flexibility index (Phi) is 4.99. The first kappa shape index (κ1) is 20.7. The number of halogens is 1. The van der Waals surface area contributed by atoms with E-state index in [9.17, 15) is 4.39 Å². The second-order valence-electron chi connectivity index (χ2n) is 8.96. The smallest absolute Gasteiger partial charge is 0.137 e. The maximum absolute atomic E-state index is 14.0. The largest absolute Gasteiger partial charge is 0.354 e. The molecule has 0 amide bonds. The lowest BCUT2D eigenvalue weighted by atomic mass is 10.0. The maximum Gasteiger partial charge on any atom is 0.137 e. The molecule has 0 radical (unpaired) electrons. The molecule has 170 valence electrons. The number of piperazine rings is 1. The minimum absolute atomic E-state index is 0.275. The Morgan fingerprint density at radius 1 is 0.853 bits per heavy atom. The minimum Gasteiger partial charge on any atom is -0.354 e. The molecule has 1 aliphatic heterocycles. The first-order chi connectivity index (χ1) is 16.5. The van der Waals surface area contributed by atoms with Crippen molar-refractivity contribution in [3.63, 3.8) is 0 Å². The van der Waals surface area contributed by atoms with E-state index >= 15 is 0 Å². The van der Waals surface area contributed by atoms with Gasteiger partial charge in [-0.3, -0.25) is 9.38 Å². The average molecular weight is 453 g/mol. The molecule has 0 atom stereocenters.